The largest absolute Gasteiger partial charge is 0.484 e. The summed E-state index contributed by atoms with van der Waals surface area (Å²) in [4.78, 5) is 35.8. The van der Waals surface area contributed by atoms with Gasteiger partial charge in [0.05, 0.1) is 16.5 Å². The number of benzene rings is 2. The number of nitrogens with one attached hydrogen (secondary N) is 1. The van der Waals surface area contributed by atoms with Crippen LogP contribution in [0.4, 0.5) is 4.39 Å². The molecule has 34 heavy (non-hydrogen) atoms. The molecule has 0 unspecified atom stereocenters. The number of hydrogen-bond acceptors (Lipinski definition) is 5. The first-order chi connectivity index (χ1) is 16.3. The molecular weight excluding hydrogens is 465 g/mol. The van der Waals surface area contributed by atoms with E-state index in [1.165, 1.54) is 36.4 Å². The second-order valence-corrected chi connectivity index (χ2v) is 8.79. The maximum absolute atomic E-state index is 14.1. The lowest BCUT2D eigenvalue weighted by Crippen LogP contribution is -2.35. The van der Waals surface area contributed by atoms with Crippen LogP contribution in [0.3, 0.4) is 0 Å². The fraction of sp³-hybridized carbons (Fsp3) is 0.320. The number of carboxylic acid groups (broad SMARTS) is 1. The molecule has 2 aromatic carbocycles. The summed E-state index contributed by atoms with van der Waals surface area (Å²) < 4.78 is 25.2. The summed E-state index contributed by atoms with van der Waals surface area (Å²) in [5, 5.41) is 12.0. The van der Waals surface area contributed by atoms with Gasteiger partial charge in [0.15, 0.2) is 12.4 Å². The fourth-order valence-corrected chi connectivity index (χ4v) is 4.33. The molecule has 2 aromatic rings. The SMILES string of the molecule is O=C(COc1ccc2c(c1)OC(=Cc1c(F)cccc1Cl)C2=O)NCC1CCC(C(=O)O)CC1. The molecule has 178 valence electrons. The summed E-state index contributed by atoms with van der Waals surface area (Å²) in [5.41, 5.74) is 0.359. The van der Waals surface area contributed by atoms with Gasteiger partial charge in [-0.15, -0.1) is 0 Å². The van der Waals surface area contributed by atoms with Crippen molar-refractivity contribution in [1.82, 2.24) is 5.32 Å². The van der Waals surface area contributed by atoms with E-state index in [9.17, 15) is 18.8 Å². The molecule has 0 spiro atoms. The quantitative estimate of drug-likeness (QED) is 0.558. The minimum Gasteiger partial charge on any atom is -0.484 e. The number of ketones is 1. The van der Waals surface area contributed by atoms with Gasteiger partial charge in [-0.1, -0.05) is 17.7 Å². The molecule has 9 heteroatoms. The van der Waals surface area contributed by atoms with Crippen LogP contribution in [0.5, 0.6) is 11.5 Å². The maximum atomic E-state index is 14.1. The van der Waals surface area contributed by atoms with E-state index in [0.717, 1.165) is 12.8 Å². The standard InChI is InChI=1S/C25H23ClFNO6/c26-19-2-1-3-20(27)18(19)11-22-24(30)17-9-8-16(10-21(17)34-22)33-13-23(29)28-12-14-4-6-15(7-5-14)25(31)32/h1-3,8-11,14-15H,4-7,12-13H2,(H,28,29)(H,31,32). The van der Waals surface area contributed by atoms with Gasteiger partial charge in [-0.3, -0.25) is 14.4 Å². The van der Waals surface area contributed by atoms with Gasteiger partial charge in [-0.2, -0.15) is 0 Å². The molecule has 1 aliphatic carbocycles. The number of carbonyl (C=O) groups is 3. The molecule has 7 nitrogen and oxygen atoms in total. The number of Topliss-reactive ketones (excluding diaryl/α,β-unsaturated/α-hetero) is 1. The van der Waals surface area contributed by atoms with Crippen LogP contribution in [-0.4, -0.2) is 35.9 Å². The molecule has 1 aliphatic heterocycles. The van der Waals surface area contributed by atoms with Crippen molar-refractivity contribution in [3.63, 3.8) is 0 Å². The Morgan fingerprint density at radius 3 is 2.68 bits per heavy atom. The van der Waals surface area contributed by atoms with Crippen LogP contribution in [-0.2, 0) is 9.59 Å². The Morgan fingerprint density at radius 1 is 1.21 bits per heavy atom. The number of hydrogen-bond donors (Lipinski definition) is 2. The van der Waals surface area contributed by atoms with Crippen molar-refractivity contribution in [3.8, 4) is 11.5 Å². The first kappa shape index (κ1) is 23.8. The van der Waals surface area contributed by atoms with Gasteiger partial charge in [-0.25, -0.2) is 4.39 Å². The van der Waals surface area contributed by atoms with Crippen LogP contribution >= 0.6 is 11.6 Å². The Bertz CT molecular complexity index is 1140. The van der Waals surface area contributed by atoms with Crippen LogP contribution < -0.4 is 14.8 Å². The molecule has 0 bridgehead atoms. The smallest absolute Gasteiger partial charge is 0.306 e. The molecule has 2 aliphatic rings. The Kier molecular flexibility index (Phi) is 7.17. The fourth-order valence-electron chi connectivity index (χ4n) is 4.11. The van der Waals surface area contributed by atoms with Gasteiger partial charge >= 0.3 is 5.97 Å². The normalized spacial score (nSPS) is 20.5. The van der Waals surface area contributed by atoms with Crippen LogP contribution in [0.25, 0.3) is 6.08 Å². The van der Waals surface area contributed by atoms with E-state index in [1.54, 1.807) is 6.07 Å². The average molecular weight is 488 g/mol. The van der Waals surface area contributed by atoms with Gasteiger partial charge in [-0.05, 0) is 61.9 Å². The predicted molar refractivity (Wildman–Crippen MR) is 122 cm³/mol. The lowest BCUT2D eigenvalue weighted by Gasteiger charge is -2.26. The third-order valence-electron chi connectivity index (χ3n) is 6.07. The summed E-state index contributed by atoms with van der Waals surface area (Å²) in [6.07, 6.45) is 4.04. The van der Waals surface area contributed by atoms with E-state index >= 15 is 0 Å². The van der Waals surface area contributed by atoms with Gasteiger partial charge in [0.25, 0.3) is 5.91 Å². The van der Waals surface area contributed by atoms with E-state index < -0.39 is 17.6 Å². The third kappa shape index (κ3) is 5.39. The molecule has 1 saturated carbocycles. The van der Waals surface area contributed by atoms with Gasteiger partial charge in [0.1, 0.15) is 17.3 Å². The van der Waals surface area contributed by atoms with Gasteiger partial charge in [0.2, 0.25) is 5.78 Å². The highest BCUT2D eigenvalue weighted by Gasteiger charge is 2.29. The average Bonchev–Trinajstić information content (AvgIpc) is 3.13. The Balaban J connectivity index is 1.30. The number of aliphatic carboxylic acids is 1. The van der Waals surface area contributed by atoms with Gasteiger partial charge in [0, 0.05) is 18.2 Å². The second-order valence-electron chi connectivity index (χ2n) is 8.38. The molecular formula is C25H23ClFNO6. The van der Waals surface area contributed by atoms with Gasteiger partial charge < -0.3 is 19.9 Å². The molecule has 0 aromatic heterocycles. The second kappa shape index (κ2) is 10.3. The predicted octanol–water partition coefficient (Wildman–Crippen LogP) is 4.48. The number of amides is 1. The highest BCUT2D eigenvalue weighted by atomic mass is 35.5. The highest BCUT2D eigenvalue weighted by molar-refractivity contribution is 6.32. The molecule has 0 saturated heterocycles. The Hall–Kier alpha value is -3.39. The molecule has 4 rings (SSSR count). The van der Waals surface area contributed by atoms with Crippen LogP contribution in [0.2, 0.25) is 5.02 Å². The number of halogens is 2. The lowest BCUT2D eigenvalue weighted by atomic mass is 9.82. The molecule has 1 heterocycles. The molecule has 1 fully saturated rings. The molecule has 0 atom stereocenters. The Labute approximate surface area is 200 Å². The van der Waals surface area contributed by atoms with Crippen molar-refractivity contribution in [2.75, 3.05) is 13.2 Å². The Morgan fingerprint density at radius 2 is 1.97 bits per heavy atom. The monoisotopic (exact) mass is 487 g/mol. The van der Waals surface area contributed by atoms with Crippen LogP contribution in [0.1, 0.15) is 41.6 Å². The highest BCUT2D eigenvalue weighted by Crippen LogP contribution is 2.36. The van der Waals surface area contributed by atoms with Crippen molar-refractivity contribution in [2.45, 2.75) is 25.7 Å². The zero-order valence-electron chi connectivity index (χ0n) is 18.2. The molecule has 2 N–H and O–H groups in total. The van der Waals surface area contributed by atoms with E-state index in [-0.39, 0.29) is 46.4 Å². The summed E-state index contributed by atoms with van der Waals surface area (Å²) in [6.45, 7) is 0.258. The van der Waals surface area contributed by atoms with E-state index in [0.29, 0.717) is 30.7 Å². The number of ether oxygens (including phenoxy) is 2. The topological polar surface area (TPSA) is 102 Å². The van der Waals surface area contributed by atoms with E-state index in [1.807, 2.05) is 0 Å². The summed E-state index contributed by atoms with van der Waals surface area (Å²) in [5.74, 6) is -1.54. The zero-order valence-corrected chi connectivity index (χ0v) is 18.9. The molecule has 0 radical (unpaired) electrons. The first-order valence-electron chi connectivity index (χ1n) is 11.0. The number of allylic oxidation sites excluding steroid dienone is 1. The number of fused-ring (bicyclic) bond motifs is 1. The van der Waals surface area contributed by atoms with Crippen molar-refractivity contribution < 1.29 is 33.4 Å². The van der Waals surface area contributed by atoms with Crippen LogP contribution in [0, 0.1) is 17.7 Å². The number of rotatable bonds is 7. The van der Waals surface area contributed by atoms with Crippen molar-refractivity contribution in [3.05, 3.63) is 64.1 Å². The minimum atomic E-state index is -0.755. The minimum absolute atomic E-state index is 0.0601. The maximum Gasteiger partial charge on any atom is 0.306 e. The number of carbonyl (C=O) groups excluding carboxylic acids is 2. The third-order valence-corrected chi connectivity index (χ3v) is 6.40. The summed E-state index contributed by atoms with van der Waals surface area (Å²) in [7, 11) is 0. The van der Waals surface area contributed by atoms with Crippen molar-refractivity contribution in [2.24, 2.45) is 11.8 Å². The summed E-state index contributed by atoms with van der Waals surface area (Å²) in [6, 6.07) is 8.80. The lowest BCUT2D eigenvalue weighted by molar-refractivity contribution is -0.143. The zero-order chi connectivity index (χ0) is 24.2. The number of carboxylic acids is 1. The van der Waals surface area contributed by atoms with E-state index in [2.05, 4.69) is 5.32 Å². The molecule has 1 amide bonds. The first-order valence-corrected chi connectivity index (χ1v) is 11.3. The van der Waals surface area contributed by atoms with Crippen LogP contribution in [0.15, 0.2) is 42.2 Å². The van der Waals surface area contributed by atoms with Crippen molar-refractivity contribution in [1.29, 1.82) is 0 Å². The van der Waals surface area contributed by atoms with E-state index in [4.69, 9.17) is 26.2 Å². The summed E-state index contributed by atoms with van der Waals surface area (Å²) >= 11 is 6.02. The van der Waals surface area contributed by atoms with Crippen molar-refractivity contribution >= 4 is 35.3 Å².